The smallest absolute Gasteiger partial charge is 0.416 e. The Labute approximate surface area is 181 Å². The molecule has 0 radical (unpaired) electrons. The Bertz CT molecular complexity index is 1100. The van der Waals surface area contributed by atoms with Crippen molar-refractivity contribution in [1.82, 2.24) is 19.7 Å². The number of fused-ring (bicyclic) bond motifs is 1. The van der Waals surface area contributed by atoms with E-state index in [-0.39, 0.29) is 24.7 Å². The first-order valence-electron chi connectivity index (χ1n) is 9.80. The summed E-state index contributed by atoms with van der Waals surface area (Å²) in [5.74, 6) is 0.859. The van der Waals surface area contributed by atoms with Crippen LogP contribution in [0.2, 0.25) is 0 Å². The molecule has 3 aromatic rings. The molecule has 0 bridgehead atoms. The Kier molecular flexibility index (Phi) is 5.99. The van der Waals surface area contributed by atoms with Gasteiger partial charge in [-0.3, -0.25) is 9.69 Å². The van der Waals surface area contributed by atoms with Gasteiger partial charge in [0.1, 0.15) is 12.7 Å². The summed E-state index contributed by atoms with van der Waals surface area (Å²) < 4.78 is 51.6. The predicted octanol–water partition coefficient (Wildman–Crippen LogP) is 3.48. The lowest BCUT2D eigenvalue weighted by atomic mass is 10.1. The van der Waals surface area contributed by atoms with Crippen LogP contribution in [0, 0.1) is 0 Å². The predicted molar refractivity (Wildman–Crippen MR) is 109 cm³/mol. The van der Waals surface area contributed by atoms with E-state index in [1.165, 1.54) is 23.4 Å². The number of likely N-dealkylation sites (N-methyl/N-ethyl adjacent to an activating group) is 1. The second-order valence-electron chi connectivity index (χ2n) is 7.11. The van der Waals surface area contributed by atoms with E-state index in [0.717, 1.165) is 17.7 Å². The van der Waals surface area contributed by atoms with Crippen LogP contribution < -0.4 is 14.8 Å². The first-order valence-corrected chi connectivity index (χ1v) is 9.80. The lowest BCUT2D eigenvalue weighted by Crippen LogP contribution is -2.33. The van der Waals surface area contributed by atoms with Gasteiger partial charge in [-0.1, -0.05) is 13.0 Å². The molecule has 2 aromatic carbocycles. The minimum atomic E-state index is -4.55. The van der Waals surface area contributed by atoms with Crippen molar-refractivity contribution in [2.45, 2.75) is 19.6 Å². The molecule has 0 saturated heterocycles. The molecule has 8 nitrogen and oxygen atoms in total. The van der Waals surface area contributed by atoms with Crippen molar-refractivity contribution in [2.75, 3.05) is 25.2 Å². The lowest BCUT2D eigenvalue weighted by Gasteiger charge is -2.21. The summed E-state index contributed by atoms with van der Waals surface area (Å²) >= 11 is 0. The SMILES string of the molecule is CCN(CC(=O)Nc1cc(C(F)(F)F)ccc1-n1cncn1)Cc1ccc2c(c1)OCO2. The minimum absolute atomic E-state index is 0.00513. The van der Waals surface area contributed by atoms with Crippen LogP contribution >= 0.6 is 0 Å². The number of halogens is 3. The van der Waals surface area contributed by atoms with E-state index in [1.807, 2.05) is 24.0 Å². The monoisotopic (exact) mass is 447 g/mol. The lowest BCUT2D eigenvalue weighted by molar-refractivity contribution is -0.137. The zero-order valence-corrected chi connectivity index (χ0v) is 17.1. The number of hydrogen-bond acceptors (Lipinski definition) is 6. The van der Waals surface area contributed by atoms with Crippen LogP contribution in [0.4, 0.5) is 18.9 Å². The quantitative estimate of drug-likeness (QED) is 0.597. The van der Waals surface area contributed by atoms with Gasteiger partial charge in [0.25, 0.3) is 0 Å². The zero-order valence-electron chi connectivity index (χ0n) is 17.1. The minimum Gasteiger partial charge on any atom is -0.454 e. The van der Waals surface area contributed by atoms with Crippen molar-refractivity contribution >= 4 is 11.6 Å². The summed E-state index contributed by atoms with van der Waals surface area (Å²) in [6.07, 6.45) is -1.95. The third-order valence-electron chi connectivity index (χ3n) is 4.92. The molecule has 0 unspecified atom stereocenters. The van der Waals surface area contributed by atoms with Gasteiger partial charge in [0, 0.05) is 6.54 Å². The summed E-state index contributed by atoms with van der Waals surface area (Å²) in [5.41, 5.74) is 0.327. The number of anilines is 1. The number of rotatable bonds is 7. The van der Waals surface area contributed by atoms with Gasteiger partial charge < -0.3 is 14.8 Å². The van der Waals surface area contributed by atoms with Crippen LogP contribution in [0.5, 0.6) is 11.5 Å². The highest BCUT2D eigenvalue weighted by atomic mass is 19.4. The van der Waals surface area contributed by atoms with Gasteiger partial charge in [-0.05, 0) is 42.4 Å². The van der Waals surface area contributed by atoms with Gasteiger partial charge in [0.15, 0.2) is 11.5 Å². The second kappa shape index (κ2) is 8.87. The molecular formula is C21H20F3N5O3. The summed E-state index contributed by atoms with van der Waals surface area (Å²) in [6, 6.07) is 8.60. The van der Waals surface area contributed by atoms with Crippen molar-refractivity contribution in [2.24, 2.45) is 0 Å². The van der Waals surface area contributed by atoms with E-state index in [4.69, 9.17) is 9.47 Å². The van der Waals surface area contributed by atoms with E-state index in [2.05, 4.69) is 15.4 Å². The average molecular weight is 447 g/mol. The fourth-order valence-corrected chi connectivity index (χ4v) is 3.31. The van der Waals surface area contributed by atoms with Crippen molar-refractivity contribution in [1.29, 1.82) is 0 Å². The van der Waals surface area contributed by atoms with Crippen LogP contribution in [-0.2, 0) is 17.5 Å². The van der Waals surface area contributed by atoms with Crippen molar-refractivity contribution in [3.8, 4) is 17.2 Å². The van der Waals surface area contributed by atoms with Crippen LogP contribution in [-0.4, -0.2) is 45.5 Å². The van der Waals surface area contributed by atoms with E-state index in [1.54, 1.807) is 6.07 Å². The number of carbonyl (C=O) groups excluding carboxylic acids is 1. The fourth-order valence-electron chi connectivity index (χ4n) is 3.31. The number of nitrogens with one attached hydrogen (secondary N) is 1. The molecule has 11 heteroatoms. The number of hydrogen-bond donors (Lipinski definition) is 1. The summed E-state index contributed by atoms with van der Waals surface area (Å²) in [6.45, 7) is 3.06. The maximum absolute atomic E-state index is 13.2. The molecule has 1 aromatic heterocycles. The number of ether oxygens (including phenoxy) is 2. The summed E-state index contributed by atoms with van der Waals surface area (Å²) in [5, 5.41) is 6.54. The average Bonchev–Trinajstić information content (AvgIpc) is 3.44. The second-order valence-corrected chi connectivity index (χ2v) is 7.11. The molecule has 4 rings (SSSR count). The topological polar surface area (TPSA) is 81.5 Å². The van der Waals surface area contributed by atoms with Crippen LogP contribution in [0.15, 0.2) is 49.1 Å². The molecule has 1 amide bonds. The molecule has 168 valence electrons. The number of aromatic nitrogens is 3. The fraction of sp³-hybridized carbons (Fsp3) is 0.286. The standard InChI is InChI=1S/C21H20F3N5O3/c1-2-28(9-14-3-6-18-19(7-14)32-13-31-18)10-20(30)27-16-8-15(21(22,23)24)4-5-17(16)29-12-25-11-26-29/h3-8,11-12H,2,9-10,13H2,1H3,(H,27,30). The van der Waals surface area contributed by atoms with Crippen LogP contribution in [0.1, 0.15) is 18.1 Å². The first kappa shape index (κ1) is 21.6. The van der Waals surface area contributed by atoms with E-state index in [0.29, 0.717) is 24.6 Å². The molecule has 0 saturated carbocycles. The molecule has 2 heterocycles. The van der Waals surface area contributed by atoms with Crippen LogP contribution in [0.25, 0.3) is 5.69 Å². The van der Waals surface area contributed by atoms with Gasteiger partial charge >= 0.3 is 6.18 Å². The number of amides is 1. The highest BCUT2D eigenvalue weighted by molar-refractivity contribution is 5.94. The Hall–Kier alpha value is -3.60. The third-order valence-corrected chi connectivity index (χ3v) is 4.92. The van der Waals surface area contributed by atoms with Crippen LogP contribution in [0.3, 0.4) is 0 Å². The number of benzene rings is 2. The van der Waals surface area contributed by atoms with Gasteiger partial charge in [-0.2, -0.15) is 18.3 Å². The van der Waals surface area contributed by atoms with Gasteiger partial charge in [0.05, 0.1) is 23.5 Å². The summed E-state index contributed by atoms with van der Waals surface area (Å²) in [7, 11) is 0. The molecule has 32 heavy (non-hydrogen) atoms. The molecule has 1 aliphatic heterocycles. The first-order chi connectivity index (χ1) is 15.3. The van der Waals surface area contributed by atoms with E-state index in [9.17, 15) is 18.0 Å². The summed E-state index contributed by atoms with van der Waals surface area (Å²) in [4.78, 5) is 18.4. The molecule has 1 aliphatic rings. The Morgan fingerprint density at radius 2 is 2.00 bits per heavy atom. The van der Waals surface area contributed by atoms with Gasteiger partial charge in [-0.25, -0.2) is 9.67 Å². The van der Waals surface area contributed by atoms with E-state index < -0.39 is 17.6 Å². The molecular weight excluding hydrogens is 427 g/mol. The number of nitrogens with zero attached hydrogens (tertiary/aromatic N) is 4. The normalized spacial score (nSPS) is 12.9. The third kappa shape index (κ3) is 4.83. The zero-order chi connectivity index (χ0) is 22.7. The van der Waals surface area contributed by atoms with Crippen molar-refractivity contribution in [3.05, 3.63) is 60.2 Å². The maximum atomic E-state index is 13.2. The van der Waals surface area contributed by atoms with Crippen molar-refractivity contribution < 1.29 is 27.4 Å². The number of carbonyl (C=O) groups is 1. The Morgan fingerprint density at radius 3 is 2.72 bits per heavy atom. The number of alkyl halides is 3. The molecule has 0 atom stereocenters. The largest absolute Gasteiger partial charge is 0.454 e. The van der Waals surface area contributed by atoms with Gasteiger partial charge in [0.2, 0.25) is 12.7 Å². The highest BCUT2D eigenvalue weighted by Gasteiger charge is 2.31. The Balaban J connectivity index is 1.49. The molecule has 1 N–H and O–H groups in total. The van der Waals surface area contributed by atoms with Gasteiger partial charge in [-0.15, -0.1) is 0 Å². The van der Waals surface area contributed by atoms with E-state index >= 15 is 0 Å². The molecule has 0 aliphatic carbocycles. The molecule has 0 fully saturated rings. The highest BCUT2D eigenvalue weighted by Crippen LogP contribution is 2.34. The Morgan fingerprint density at radius 1 is 1.19 bits per heavy atom. The van der Waals surface area contributed by atoms with Crippen molar-refractivity contribution in [3.63, 3.8) is 0 Å². The maximum Gasteiger partial charge on any atom is 0.416 e. The molecule has 0 spiro atoms.